The number of rotatable bonds is 3. The molecule has 84 valence electrons. The summed E-state index contributed by atoms with van der Waals surface area (Å²) in [7, 11) is 0. The van der Waals surface area contributed by atoms with Crippen LogP contribution in [-0.2, 0) is 13.0 Å². The lowest BCUT2D eigenvalue weighted by molar-refractivity contribution is 0.263. The minimum absolute atomic E-state index is 0.184. The van der Waals surface area contributed by atoms with Crippen molar-refractivity contribution in [2.75, 3.05) is 0 Å². The minimum Gasteiger partial charge on any atom is -0.388 e. The van der Waals surface area contributed by atoms with E-state index in [0.717, 1.165) is 5.56 Å². The molecule has 0 unspecified atom stereocenters. The Balaban J connectivity index is 2.17. The molecule has 4 nitrogen and oxygen atoms in total. The first-order chi connectivity index (χ1) is 7.69. The predicted molar refractivity (Wildman–Crippen MR) is 58.9 cm³/mol. The van der Waals surface area contributed by atoms with E-state index in [1.807, 2.05) is 6.07 Å². The van der Waals surface area contributed by atoms with Crippen molar-refractivity contribution in [1.29, 1.82) is 0 Å². The van der Waals surface area contributed by atoms with Gasteiger partial charge in [-0.15, -0.1) is 0 Å². The molecule has 1 N–H and O–H groups in total. The van der Waals surface area contributed by atoms with Gasteiger partial charge in [-0.05, 0) is 30.5 Å². The van der Waals surface area contributed by atoms with E-state index in [0.29, 0.717) is 18.1 Å². The fourth-order valence-electron chi connectivity index (χ4n) is 1.51. The summed E-state index contributed by atoms with van der Waals surface area (Å²) in [5.74, 6) is 0.867. The molecule has 2 rings (SSSR count). The van der Waals surface area contributed by atoms with E-state index in [-0.39, 0.29) is 6.61 Å². The number of aliphatic hydroxyl groups is 1. The molecule has 2 aromatic rings. The topological polar surface area (TPSA) is 59.2 Å². The summed E-state index contributed by atoms with van der Waals surface area (Å²) in [6.07, 6.45) is 0.605. The van der Waals surface area contributed by atoms with Crippen LogP contribution in [0.5, 0.6) is 0 Å². The average molecular weight is 218 g/mol. The molecule has 0 aliphatic carbocycles. The number of aryl methyl sites for hydroxylation is 2. The Morgan fingerprint density at radius 3 is 2.69 bits per heavy atom. The zero-order valence-corrected chi connectivity index (χ0v) is 9.40. The Labute approximate surface area is 93.9 Å². The Morgan fingerprint density at radius 1 is 1.25 bits per heavy atom. The highest BCUT2D eigenvalue weighted by Crippen LogP contribution is 2.13. The van der Waals surface area contributed by atoms with Crippen LogP contribution in [0.15, 0.2) is 22.7 Å². The van der Waals surface area contributed by atoms with E-state index in [4.69, 9.17) is 9.63 Å². The van der Waals surface area contributed by atoms with Gasteiger partial charge in [-0.1, -0.05) is 23.4 Å². The van der Waals surface area contributed by atoms with Crippen LogP contribution < -0.4 is 0 Å². The molecule has 16 heavy (non-hydrogen) atoms. The van der Waals surface area contributed by atoms with Crippen LogP contribution in [0.25, 0.3) is 0 Å². The first-order valence-corrected chi connectivity index (χ1v) is 5.17. The maximum atomic E-state index is 8.81. The van der Waals surface area contributed by atoms with Gasteiger partial charge in [0.05, 0.1) is 6.42 Å². The van der Waals surface area contributed by atoms with Crippen molar-refractivity contribution in [3.63, 3.8) is 0 Å². The second-order valence-electron chi connectivity index (χ2n) is 3.86. The number of aromatic nitrogens is 2. The molecule has 1 heterocycles. The van der Waals surface area contributed by atoms with Crippen molar-refractivity contribution < 1.29 is 9.63 Å². The maximum Gasteiger partial charge on any atom is 0.231 e. The number of benzene rings is 1. The van der Waals surface area contributed by atoms with Crippen LogP contribution in [0.1, 0.15) is 28.4 Å². The van der Waals surface area contributed by atoms with Crippen LogP contribution in [0.2, 0.25) is 0 Å². The average Bonchev–Trinajstić information content (AvgIpc) is 2.71. The molecular weight excluding hydrogens is 204 g/mol. The standard InChI is InChI=1S/C12H14N2O2/c1-8-3-4-10(5-9(8)2)6-12-13-11(7-15)14-16-12/h3-5,15H,6-7H2,1-2H3. The third-order valence-electron chi connectivity index (χ3n) is 2.58. The first kappa shape index (κ1) is 10.8. The van der Waals surface area contributed by atoms with Crippen molar-refractivity contribution in [2.24, 2.45) is 0 Å². The molecule has 0 amide bonds. The van der Waals surface area contributed by atoms with Gasteiger partial charge >= 0.3 is 0 Å². The second kappa shape index (κ2) is 4.45. The summed E-state index contributed by atoms with van der Waals surface area (Å²) >= 11 is 0. The van der Waals surface area contributed by atoms with Crippen LogP contribution in [-0.4, -0.2) is 15.2 Å². The normalized spacial score (nSPS) is 10.7. The summed E-state index contributed by atoms with van der Waals surface area (Å²) in [6, 6.07) is 6.23. The van der Waals surface area contributed by atoms with Crippen LogP contribution in [0, 0.1) is 13.8 Å². The van der Waals surface area contributed by atoms with Crippen molar-refractivity contribution in [2.45, 2.75) is 26.9 Å². The van der Waals surface area contributed by atoms with E-state index in [1.54, 1.807) is 0 Å². The first-order valence-electron chi connectivity index (χ1n) is 5.17. The Morgan fingerprint density at radius 2 is 2.06 bits per heavy atom. The fourth-order valence-corrected chi connectivity index (χ4v) is 1.51. The van der Waals surface area contributed by atoms with Gasteiger partial charge in [0.15, 0.2) is 5.82 Å². The number of hydrogen-bond donors (Lipinski definition) is 1. The monoisotopic (exact) mass is 218 g/mol. The number of nitrogens with zero attached hydrogens (tertiary/aromatic N) is 2. The summed E-state index contributed by atoms with van der Waals surface area (Å²) in [4.78, 5) is 4.05. The zero-order chi connectivity index (χ0) is 11.5. The van der Waals surface area contributed by atoms with Gasteiger partial charge in [0.1, 0.15) is 6.61 Å². The van der Waals surface area contributed by atoms with Gasteiger partial charge in [0.2, 0.25) is 5.89 Å². The van der Waals surface area contributed by atoms with E-state index in [1.165, 1.54) is 11.1 Å². The third-order valence-corrected chi connectivity index (χ3v) is 2.58. The summed E-state index contributed by atoms with van der Waals surface area (Å²) in [5, 5.41) is 12.4. The molecule has 0 bridgehead atoms. The second-order valence-corrected chi connectivity index (χ2v) is 3.86. The molecule has 0 radical (unpaired) electrons. The lowest BCUT2D eigenvalue weighted by atomic mass is 10.0. The summed E-state index contributed by atoms with van der Waals surface area (Å²) < 4.78 is 5.01. The van der Waals surface area contributed by atoms with Crippen molar-refractivity contribution in [3.05, 3.63) is 46.6 Å². The Hall–Kier alpha value is -1.68. The summed E-state index contributed by atoms with van der Waals surface area (Å²) in [6.45, 7) is 3.97. The van der Waals surface area contributed by atoms with E-state index < -0.39 is 0 Å². The summed E-state index contributed by atoms with van der Waals surface area (Å²) in [5.41, 5.74) is 3.65. The third kappa shape index (κ3) is 2.28. The molecule has 0 aliphatic heterocycles. The van der Waals surface area contributed by atoms with E-state index in [9.17, 15) is 0 Å². The quantitative estimate of drug-likeness (QED) is 0.853. The van der Waals surface area contributed by atoms with Crippen molar-refractivity contribution in [3.8, 4) is 0 Å². The zero-order valence-electron chi connectivity index (χ0n) is 9.40. The van der Waals surface area contributed by atoms with Gasteiger partial charge in [-0.3, -0.25) is 0 Å². The van der Waals surface area contributed by atoms with Crippen LogP contribution in [0.3, 0.4) is 0 Å². The number of aliphatic hydroxyl groups excluding tert-OH is 1. The molecule has 4 heteroatoms. The molecule has 0 spiro atoms. The molecular formula is C12H14N2O2. The lowest BCUT2D eigenvalue weighted by Crippen LogP contribution is -1.92. The highest BCUT2D eigenvalue weighted by Gasteiger charge is 2.06. The van der Waals surface area contributed by atoms with Crippen molar-refractivity contribution >= 4 is 0 Å². The van der Waals surface area contributed by atoms with Crippen LogP contribution in [0.4, 0.5) is 0 Å². The Kier molecular flexibility index (Phi) is 3.01. The molecule has 1 aromatic carbocycles. The lowest BCUT2D eigenvalue weighted by Gasteiger charge is -2.02. The van der Waals surface area contributed by atoms with Gasteiger partial charge in [0.25, 0.3) is 0 Å². The molecule has 0 saturated heterocycles. The molecule has 0 atom stereocenters. The highest BCUT2D eigenvalue weighted by molar-refractivity contribution is 5.31. The minimum atomic E-state index is -0.184. The van der Waals surface area contributed by atoms with Gasteiger partial charge in [0, 0.05) is 0 Å². The molecule has 0 saturated carbocycles. The fraction of sp³-hybridized carbons (Fsp3) is 0.333. The van der Waals surface area contributed by atoms with Crippen molar-refractivity contribution in [1.82, 2.24) is 10.1 Å². The predicted octanol–water partition coefficient (Wildman–Crippen LogP) is 1.77. The number of hydrogen-bond acceptors (Lipinski definition) is 4. The van der Waals surface area contributed by atoms with Crippen LogP contribution >= 0.6 is 0 Å². The molecule has 1 aromatic heterocycles. The molecule has 0 aliphatic rings. The largest absolute Gasteiger partial charge is 0.388 e. The van der Waals surface area contributed by atoms with Gasteiger partial charge in [-0.25, -0.2) is 0 Å². The smallest absolute Gasteiger partial charge is 0.231 e. The SMILES string of the molecule is Cc1ccc(Cc2nc(CO)no2)cc1C. The van der Waals surface area contributed by atoms with Gasteiger partial charge < -0.3 is 9.63 Å². The van der Waals surface area contributed by atoms with E-state index >= 15 is 0 Å². The van der Waals surface area contributed by atoms with Gasteiger partial charge in [-0.2, -0.15) is 4.98 Å². The Bertz CT molecular complexity index is 492. The maximum absolute atomic E-state index is 8.81. The molecule has 0 fully saturated rings. The highest BCUT2D eigenvalue weighted by atomic mass is 16.5. The van der Waals surface area contributed by atoms with E-state index in [2.05, 4.69) is 36.1 Å².